The van der Waals surface area contributed by atoms with Crippen LogP contribution in [0.4, 0.5) is 5.69 Å². The van der Waals surface area contributed by atoms with Crippen molar-refractivity contribution in [2.24, 2.45) is 0 Å². The Kier molecular flexibility index (Phi) is 7.30. The van der Waals surface area contributed by atoms with Gasteiger partial charge in [-0.15, -0.1) is 0 Å². The minimum atomic E-state index is -3.63. The molecule has 154 valence electrons. The smallest absolute Gasteiger partial charge is 0.331 e. The number of amides is 1. The molecule has 0 saturated heterocycles. The number of rotatable bonds is 7. The standard InChI is InChI=1S/C21H24N2O5S/c1-15-5-8-17(9-6-15)10-12-21(25)28-14-20(24)22-19-13-18(11-7-16(19)2)29(26,27)23(3)4/h5-13H,14H2,1-4H3,(H,22,24)/b12-10+. The Morgan fingerprint density at radius 1 is 1.07 bits per heavy atom. The van der Waals surface area contributed by atoms with Gasteiger partial charge in [0.1, 0.15) is 0 Å². The van der Waals surface area contributed by atoms with Gasteiger partial charge in [0.15, 0.2) is 6.61 Å². The Morgan fingerprint density at radius 2 is 1.72 bits per heavy atom. The average molecular weight is 416 g/mol. The molecule has 8 heteroatoms. The third-order valence-electron chi connectivity index (χ3n) is 4.10. The van der Waals surface area contributed by atoms with E-state index in [-0.39, 0.29) is 4.90 Å². The minimum Gasteiger partial charge on any atom is -0.452 e. The van der Waals surface area contributed by atoms with E-state index in [9.17, 15) is 18.0 Å². The summed E-state index contributed by atoms with van der Waals surface area (Å²) in [5.41, 5.74) is 2.97. The topological polar surface area (TPSA) is 92.8 Å². The molecule has 0 heterocycles. The predicted molar refractivity (Wildman–Crippen MR) is 112 cm³/mol. The first-order chi connectivity index (χ1) is 13.6. The first-order valence-corrected chi connectivity index (χ1v) is 10.3. The second-order valence-corrected chi connectivity index (χ2v) is 8.82. The lowest BCUT2D eigenvalue weighted by atomic mass is 10.1. The highest BCUT2D eigenvalue weighted by Gasteiger charge is 2.18. The van der Waals surface area contributed by atoms with Crippen LogP contribution in [0.3, 0.4) is 0 Å². The van der Waals surface area contributed by atoms with Crippen molar-refractivity contribution in [1.82, 2.24) is 4.31 Å². The van der Waals surface area contributed by atoms with Crippen LogP contribution in [0.25, 0.3) is 6.08 Å². The highest BCUT2D eigenvalue weighted by molar-refractivity contribution is 7.89. The molecule has 0 unspecified atom stereocenters. The summed E-state index contributed by atoms with van der Waals surface area (Å²) in [6.45, 7) is 3.22. The van der Waals surface area contributed by atoms with E-state index in [1.165, 1.54) is 32.3 Å². The van der Waals surface area contributed by atoms with Crippen molar-refractivity contribution in [2.45, 2.75) is 18.7 Å². The van der Waals surface area contributed by atoms with Gasteiger partial charge in [-0.25, -0.2) is 17.5 Å². The van der Waals surface area contributed by atoms with Crippen LogP contribution < -0.4 is 5.32 Å². The number of benzene rings is 2. The molecule has 0 fully saturated rings. The van der Waals surface area contributed by atoms with E-state index in [4.69, 9.17) is 4.74 Å². The predicted octanol–water partition coefficient (Wildman–Crippen LogP) is 2.75. The van der Waals surface area contributed by atoms with Crippen molar-refractivity contribution in [2.75, 3.05) is 26.0 Å². The number of carbonyl (C=O) groups excluding carboxylic acids is 2. The first-order valence-electron chi connectivity index (χ1n) is 8.84. The van der Waals surface area contributed by atoms with Gasteiger partial charge in [-0.2, -0.15) is 0 Å². The van der Waals surface area contributed by atoms with Crippen LogP contribution in [-0.4, -0.2) is 45.3 Å². The normalized spacial score (nSPS) is 11.6. The van der Waals surface area contributed by atoms with Crippen LogP contribution in [0, 0.1) is 13.8 Å². The van der Waals surface area contributed by atoms with Crippen LogP contribution in [0.5, 0.6) is 0 Å². The second-order valence-electron chi connectivity index (χ2n) is 6.66. The number of aryl methyl sites for hydroxylation is 2. The molecule has 1 amide bonds. The number of esters is 1. The summed E-state index contributed by atoms with van der Waals surface area (Å²) in [5.74, 6) is -1.22. The molecule has 7 nitrogen and oxygen atoms in total. The lowest BCUT2D eigenvalue weighted by Gasteiger charge is -2.14. The quantitative estimate of drug-likeness (QED) is 0.553. The summed E-state index contributed by atoms with van der Waals surface area (Å²) in [6, 6.07) is 12.0. The third kappa shape index (κ3) is 6.27. The number of hydrogen-bond acceptors (Lipinski definition) is 5. The van der Waals surface area contributed by atoms with E-state index < -0.39 is 28.5 Å². The van der Waals surface area contributed by atoms with Gasteiger partial charge >= 0.3 is 5.97 Å². The molecule has 0 aliphatic carbocycles. The lowest BCUT2D eigenvalue weighted by Crippen LogP contribution is -2.23. The number of hydrogen-bond donors (Lipinski definition) is 1. The van der Waals surface area contributed by atoms with Crippen molar-refractivity contribution in [1.29, 1.82) is 0 Å². The lowest BCUT2D eigenvalue weighted by molar-refractivity contribution is -0.142. The van der Waals surface area contributed by atoms with Crippen LogP contribution in [0.15, 0.2) is 53.4 Å². The highest BCUT2D eigenvalue weighted by Crippen LogP contribution is 2.22. The Bertz CT molecular complexity index is 1030. The van der Waals surface area contributed by atoms with E-state index >= 15 is 0 Å². The fourth-order valence-corrected chi connectivity index (χ4v) is 3.25. The second kappa shape index (κ2) is 9.49. The Hall–Kier alpha value is -2.97. The Labute approximate surface area is 171 Å². The molecule has 0 saturated carbocycles. The molecule has 29 heavy (non-hydrogen) atoms. The van der Waals surface area contributed by atoms with Crippen LogP contribution in [-0.2, 0) is 24.3 Å². The molecule has 2 aromatic carbocycles. The maximum Gasteiger partial charge on any atom is 0.331 e. The van der Waals surface area contributed by atoms with Gasteiger partial charge in [-0.3, -0.25) is 4.79 Å². The largest absolute Gasteiger partial charge is 0.452 e. The number of anilines is 1. The summed E-state index contributed by atoms with van der Waals surface area (Å²) in [6.07, 6.45) is 2.84. The molecule has 0 aromatic heterocycles. The van der Waals surface area contributed by atoms with E-state index in [0.717, 1.165) is 15.4 Å². The van der Waals surface area contributed by atoms with Gasteiger partial charge in [-0.1, -0.05) is 35.9 Å². The Morgan fingerprint density at radius 3 is 2.34 bits per heavy atom. The third-order valence-corrected chi connectivity index (χ3v) is 5.91. The van der Waals surface area contributed by atoms with Crippen molar-refractivity contribution >= 4 is 33.7 Å². The van der Waals surface area contributed by atoms with Crippen molar-refractivity contribution in [3.63, 3.8) is 0 Å². The van der Waals surface area contributed by atoms with Crippen molar-refractivity contribution in [3.8, 4) is 0 Å². The van der Waals surface area contributed by atoms with E-state index in [1.807, 2.05) is 31.2 Å². The summed E-state index contributed by atoms with van der Waals surface area (Å²) in [4.78, 5) is 24.0. The maximum absolute atomic E-state index is 12.2. The fourth-order valence-electron chi connectivity index (χ4n) is 2.32. The van der Waals surface area contributed by atoms with Crippen LogP contribution >= 0.6 is 0 Å². The van der Waals surface area contributed by atoms with Gasteiger partial charge in [0, 0.05) is 25.9 Å². The number of sulfonamides is 1. The number of nitrogens with zero attached hydrogens (tertiary/aromatic N) is 1. The average Bonchev–Trinajstić information content (AvgIpc) is 2.67. The monoisotopic (exact) mass is 416 g/mol. The number of ether oxygens (including phenoxy) is 1. The molecule has 0 atom stereocenters. The van der Waals surface area contributed by atoms with Gasteiger partial charge < -0.3 is 10.1 Å². The Balaban J connectivity index is 1.97. The molecule has 0 aliphatic rings. The molecule has 2 rings (SSSR count). The molecular weight excluding hydrogens is 392 g/mol. The fraction of sp³-hybridized carbons (Fsp3) is 0.238. The van der Waals surface area contributed by atoms with E-state index in [2.05, 4.69) is 5.32 Å². The highest BCUT2D eigenvalue weighted by atomic mass is 32.2. The van der Waals surface area contributed by atoms with Gasteiger partial charge in [0.25, 0.3) is 5.91 Å². The van der Waals surface area contributed by atoms with Crippen molar-refractivity contribution < 1.29 is 22.7 Å². The molecule has 2 aromatic rings. The van der Waals surface area contributed by atoms with Crippen LogP contribution in [0.1, 0.15) is 16.7 Å². The first kappa shape index (κ1) is 22.3. The van der Waals surface area contributed by atoms with Gasteiger partial charge in [0.05, 0.1) is 4.90 Å². The summed E-state index contributed by atoms with van der Waals surface area (Å²) < 4.78 is 30.5. The number of nitrogens with one attached hydrogen (secondary N) is 1. The zero-order valence-electron chi connectivity index (χ0n) is 16.8. The minimum absolute atomic E-state index is 0.0569. The molecular formula is C21H24N2O5S. The van der Waals surface area contributed by atoms with Gasteiger partial charge in [-0.05, 0) is 43.2 Å². The summed E-state index contributed by atoms with van der Waals surface area (Å²) in [7, 11) is -0.771. The molecule has 0 spiro atoms. The van der Waals surface area contributed by atoms with Crippen LogP contribution in [0.2, 0.25) is 0 Å². The van der Waals surface area contributed by atoms with Gasteiger partial charge in [0.2, 0.25) is 10.0 Å². The molecule has 1 N–H and O–H groups in total. The zero-order chi connectivity index (χ0) is 21.6. The maximum atomic E-state index is 12.2. The molecule has 0 bridgehead atoms. The molecule has 0 radical (unpaired) electrons. The van der Waals surface area contributed by atoms with Crippen molar-refractivity contribution in [3.05, 3.63) is 65.2 Å². The van der Waals surface area contributed by atoms with E-state index in [1.54, 1.807) is 19.1 Å². The SMILES string of the molecule is Cc1ccc(/C=C/C(=O)OCC(=O)Nc2cc(S(=O)(=O)N(C)C)ccc2C)cc1. The summed E-state index contributed by atoms with van der Waals surface area (Å²) in [5, 5.41) is 2.57. The van der Waals surface area contributed by atoms with E-state index in [0.29, 0.717) is 11.3 Å². The number of carbonyl (C=O) groups is 2. The molecule has 0 aliphatic heterocycles. The zero-order valence-corrected chi connectivity index (χ0v) is 17.6. The summed E-state index contributed by atoms with van der Waals surface area (Å²) >= 11 is 0.